The molecule has 1 aliphatic heterocycles. The van der Waals surface area contributed by atoms with Gasteiger partial charge in [0.15, 0.2) is 0 Å². The van der Waals surface area contributed by atoms with Gasteiger partial charge in [0.1, 0.15) is 0 Å². The summed E-state index contributed by atoms with van der Waals surface area (Å²) in [7, 11) is 0. The molecule has 1 aromatic rings. The van der Waals surface area contributed by atoms with E-state index in [1.807, 2.05) is 49.1 Å². The number of benzene rings is 1. The van der Waals surface area contributed by atoms with Crippen LogP contribution in [0.5, 0.6) is 0 Å². The highest BCUT2D eigenvalue weighted by atomic mass is 16.2. The SMILES string of the molecule is CC(N)C1=CC(=O)N(C(C)c2ccccc2)C1. The number of rotatable bonds is 3. The Hall–Kier alpha value is -1.61. The van der Waals surface area contributed by atoms with Crippen molar-refractivity contribution in [2.75, 3.05) is 6.54 Å². The first kappa shape index (κ1) is 11.9. The molecule has 2 atom stereocenters. The van der Waals surface area contributed by atoms with E-state index < -0.39 is 0 Å². The Kier molecular flexibility index (Phi) is 3.29. The van der Waals surface area contributed by atoms with Crippen molar-refractivity contribution >= 4 is 5.91 Å². The predicted octanol–water partition coefficient (Wildman–Crippen LogP) is 1.86. The van der Waals surface area contributed by atoms with Gasteiger partial charge in [-0.2, -0.15) is 0 Å². The minimum absolute atomic E-state index is 0.0491. The Labute approximate surface area is 102 Å². The molecule has 1 amide bonds. The normalized spacial score (nSPS) is 19.1. The first-order valence-corrected chi connectivity index (χ1v) is 5.91. The second-order valence-corrected chi connectivity index (χ2v) is 4.56. The first-order chi connectivity index (χ1) is 8.09. The molecular weight excluding hydrogens is 212 g/mol. The molecule has 2 unspecified atom stereocenters. The molecular formula is C14H18N2O. The van der Waals surface area contributed by atoms with Crippen LogP contribution in [0.1, 0.15) is 25.5 Å². The second kappa shape index (κ2) is 4.72. The van der Waals surface area contributed by atoms with Gasteiger partial charge in [-0.1, -0.05) is 30.3 Å². The molecule has 0 radical (unpaired) electrons. The number of hydrogen-bond acceptors (Lipinski definition) is 2. The van der Waals surface area contributed by atoms with Crippen molar-refractivity contribution in [1.29, 1.82) is 0 Å². The third kappa shape index (κ3) is 2.39. The summed E-state index contributed by atoms with van der Waals surface area (Å²) < 4.78 is 0. The van der Waals surface area contributed by atoms with E-state index in [1.165, 1.54) is 0 Å². The van der Waals surface area contributed by atoms with E-state index in [0.717, 1.165) is 11.1 Å². The summed E-state index contributed by atoms with van der Waals surface area (Å²) in [4.78, 5) is 13.8. The lowest BCUT2D eigenvalue weighted by Crippen LogP contribution is -2.31. The van der Waals surface area contributed by atoms with Crippen molar-refractivity contribution in [3.63, 3.8) is 0 Å². The fourth-order valence-corrected chi connectivity index (χ4v) is 2.08. The minimum atomic E-state index is -0.0491. The molecule has 17 heavy (non-hydrogen) atoms. The summed E-state index contributed by atoms with van der Waals surface area (Å²) in [5, 5.41) is 0. The molecule has 2 N–H and O–H groups in total. The molecule has 0 fully saturated rings. The van der Waals surface area contributed by atoms with Crippen molar-refractivity contribution in [3.8, 4) is 0 Å². The first-order valence-electron chi connectivity index (χ1n) is 5.91. The molecule has 3 nitrogen and oxygen atoms in total. The maximum absolute atomic E-state index is 11.9. The molecule has 3 heteroatoms. The third-order valence-corrected chi connectivity index (χ3v) is 3.28. The molecule has 1 aliphatic rings. The van der Waals surface area contributed by atoms with Crippen molar-refractivity contribution in [2.24, 2.45) is 5.73 Å². The smallest absolute Gasteiger partial charge is 0.247 e. The quantitative estimate of drug-likeness (QED) is 0.861. The molecule has 1 heterocycles. The molecule has 0 aromatic heterocycles. The van der Waals surface area contributed by atoms with E-state index in [-0.39, 0.29) is 18.0 Å². The van der Waals surface area contributed by atoms with Crippen LogP contribution in [0, 0.1) is 0 Å². The van der Waals surface area contributed by atoms with Gasteiger partial charge in [0, 0.05) is 18.7 Å². The maximum Gasteiger partial charge on any atom is 0.247 e. The fourth-order valence-electron chi connectivity index (χ4n) is 2.08. The number of nitrogens with two attached hydrogens (primary N) is 1. The Balaban J connectivity index is 2.14. The largest absolute Gasteiger partial charge is 0.328 e. The van der Waals surface area contributed by atoms with Crippen molar-refractivity contribution in [3.05, 3.63) is 47.5 Å². The van der Waals surface area contributed by atoms with Gasteiger partial charge in [0.2, 0.25) is 5.91 Å². The van der Waals surface area contributed by atoms with Gasteiger partial charge >= 0.3 is 0 Å². The van der Waals surface area contributed by atoms with Gasteiger partial charge in [-0.25, -0.2) is 0 Å². The summed E-state index contributed by atoms with van der Waals surface area (Å²) in [6.07, 6.45) is 1.67. The Morgan fingerprint density at radius 3 is 2.41 bits per heavy atom. The molecule has 0 aliphatic carbocycles. The van der Waals surface area contributed by atoms with Crippen molar-refractivity contribution < 1.29 is 4.79 Å². The van der Waals surface area contributed by atoms with Crippen LogP contribution in [0.3, 0.4) is 0 Å². The molecule has 0 saturated carbocycles. The van der Waals surface area contributed by atoms with Crippen molar-refractivity contribution in [1.82, 2.24) is 4.90 Å². The Bertz CT molecular complexity index is 437. The van der Waals surface area contributed by atoms with Crippen LogP contribution in [0.2, 0.25) is 0 Å². The third-order valence-electron chi connectivity index (χ3n) is 3.28. The number of amides is 1. The summed E-state index contributed by atoms with van der Waals surface area (Å²) in [5.74, 6) is 0.0636. The van der Waals surface area contributed by atoms with E-state index >= 15 is 0 Å². The molecule has 1 aromatic carbocycles. The van der Waals surface area contributed by atoms with Crippen LogP contribution in [0.15, 0.2) is 42.0 Å². The van der Waals surface area contributed by atoms with E-state index in [0.29, 0.717) is 6.54 Å². The zero-order chi connectivity index (χ0) is 12.4. The van der Waals surface area contributed by atoms with Gasteiger partial charge in [-0.05, 0) is 25.0 Å². The molecule has 0 saturated heterocycles. The zero-order valence-electron chi connectivity index (χ0n) is 10.3. The summed E-state index contributed by atoms with van der Waals surface area (Å²) in [6.45, 7) is 4.60. The highest BCUT2D eigenvalue weighted by Crippen LogP contribution is 2.25. The van der Waals surface area contributed by atoms with E-state index in [2.05, 4.69) is 0 Å². The maximum atomic E-state index is 11.9. The van der Waals surface area contributed by atoms with Gasteiger partial charge in [0.05, 0.1) is 6.04 Å². The number of hydrogen-bond donors (Lipinski definition) is 1. The van der Waals surface area contributed by atoms with Crippen LogP contribution < -0.4 is 5.73 Å². The minimum Gasteiger partial charge on any atom is -0.328 e. The molecule has 0 bridgehead atoms. The van der Waals surface area contributed by atoms with E-state index in [4.69, 9.17) is 5.73 Å². The molecule has 2 rings (SSSR count). The predicted molar refractivity (Wildman–Crippen MR) is 68.3 cm³/mol. The lowest BCUT2D eigenvalue weighted by atomic mass is 10.1. The topological polar surface area (TPSA) is 46.3 Å². The highest BCUT2D eigenvalue weighted by Gasteiger charge is 2.27. The number of nitrogens with zero attached hydrogens (tertiary/aromatic N) is 1. The van der Waals surface area contributed by atoms with Crippen LogP contribution in [0.25, 0.3) is 0 Å². The molecule has 0 spiro atoms. The Morgan fingerprint density at radius 1 is 1.24 bits per heavy atom. The average Bonchev–Trinajstić information content (AvgIpc) is 2.72. The van der Waals surface area contributed by atoms with E-state index in [9.17, 15) is 4.79 Å². The van der Waals surface area contributed by atoms with Crippen molar-refractivity contribution in [2.45, 2.75) is 25.9 Å². The fraction of sp³-hybridized carbons (Fsp3) is 0.357. The lowest BCUT2D eigenvalue weighted by molar-refractivity contribution is -0.126. The number of carbonyl (C=O) groups is 1. The zero-order valence-corrected chi connectivity index (χ0v) is 10.3. The monoisotopic (exact) mass is 230 g/mol. The summed E-state index contributed by atoms with van der Waals surface area (Å²) in [5.41, 5.74) is 7.98. The average molecular weight is 230 g/mol. The summed E-state index contributed by atoms with van der Waals surface area (Å²) >= 11 is 0. The van der Waals surface area contributed by atoms with Gasteiger partial charge in [-0.15, -0.1) is 0 Å². The Morgan fingerprint density at radius 2 is 1.88 bits per heavy atom. The van der Waals surface area contributed by atoms with E-state index in [1.54, 1.807) is 6.08 Å². The second-order valence-electron chi connectivity index (χ2n) is 4.56. The van der Waals surface area contributed by atoms with Gasteiger partial charge in [0.25, 0.3) is 0 Å². The summed E-state index contributed by atoms with van der Waals surface area (Å²) in [6, 6.07) is 10.1. The molecule has 90 valence electrons. The van der Waals surface area contributed by atoms with Gasteiger partial charge < -0.3 is 10.6 Å². The van der Waals surface area contributed by atoms with Crippen LogP contribution in [-0.4, -0.2) is 23.4 Å². The van der Waals surface area contributed by atoms with Crippen LogP contribution in [0.4, 0.5) is 0 Å². The van der Waals surface area contributed by atoms with Gasteiger partial charge in [-0.3, -0.25) is 4.79 Å². The highest BCUT2D eigenvalue weighted by molar-refractivity contribution is 5.91. The standard InChI is InChI=1S/C14H18N2O/c1-10(15)13-8-14(17)16(9-13)11(2)12-6-4-3-5-7-12/h3-8,10-11H,9,15H2,1-2H3. The van der Waals surface area contributed by atoms with Crippen LogP contribution in [-0.2, 0) is 4.79 Å². The lowest BCUT2D eigenvalue weighted by Gasteiger charge is -2.25. The van der Waals surface area contributed by atoms with Crippen LogP contribution >= 0.6 is 0 Å². The number of carbonyl (C=O) groups excluding carboxylic acids is 1.